The van der Waals surface area contributed by atoms with E-state index in [1.54, 1.807) is 18.2 Å². The van der Waals surface area contributed by atoms with Gasteiger partial charge in [0.15, 0.2) is 18.1 Å². The van der Waals surface area contributed by atoms with Crippen LogP contribution in [0.15, 0.2) is 27.8 Å². The van der Waals surface area contributed by atoms with Crippen LogP contribution in [0.3, 0.4) is 0 Å². The van der Waals surface area contributed by atoms with E-state index in [-0.39, 0.29) is 18.2 Å². The maximum Gasteiger partial charge on any atom is 0.332 e. The lowest BCUT2D eigenvalue weighted by Gasteiger charge is -2.11. The van der Waals surface area contributed by atoms with Crippen LogP contribution in [-0.2, 0) is 14.1 Å². The van der Waals surface area contributed by atoms with Gasteiger partial charge >= 0.3 is 5.69 Å². The average molecular weight is 333 g/mol. The minimum absolute atomic E-state index is 0.127. The van der Waals surface area contributed by atoms with Gasteiger partial charge in [0.2, 0.25) is 12.6 Å². The van der Waals surface area contributed by atoms with Crippen molar-refractivity contribution >= 4 is 11.6 Å². The third-order valence-electron chi connectivity index (χ3n) is 3.70. The van der Waals surface area contributed by atoms with Crippen molar-refractivity contribution in [1.82, 2.24) is 9.13 Å². The number of ether oxygens (including phenoxy) is 3. The van der Waals surface area contributed by atoms with Crippen LogP contribution in [0.2, 0.25) is 0 Å². The van der Waals surface area contributed by atoms with E-state index in [2.05, 4.69) is 0 Å². The third kappa shape index (κ3) is 2.49. The fourth-order valence-corrected chi connectivity index (χ4v) is 2.31. The number of fused-ring (bicyclic) bond motifs is 1. The molecule has 2 aromatic rings. The number of nitrogen functional groups attached to an aromatic ring is 1. The van der Waals surface area contributed by atoms with Crippen molar-refractivity contribution in [2.75, 3.05) is 19.1 Å². The van der Waals surface area contributed by atoms with Crippen LogP contribution in [0, 0.1) is 0 Å². The van der Waals surface area contributed by atoms with Gasteiger partial charge in [0.1, 0.15) is 17.1 Å². The Morgan fingerprint density at radius 3 is 2.67 bits per heavy atom. The number of benzene rings is 1. The number of hydrogen-bond donors (Lipinski definition) is 1. The van der Waals surface area contributed by atoms with Gasteiger partial charge in [0.05, 0.1) is 0 Å². The lowest BCUT2D eigenvalue weighted by molar-refractivity contribution is 0.0919. The van der Waals surface area contributed by atoms with E-state index in [1.165, 1.54) is 14.1 Å². The number of hydrogen-bond acceptors (Lipinski definition) is 7. The van der Waals surface area contributed by atoms with Gasteiger partial charge in [-0.15, -0.1) is 0 Å². The second-order valence-corrected chi connectivity index (χ2v) is 5.19. The monoisotopic (exact) mass is 333 g/mol. The summed E-state index contributed by atoms with van der Waals surface area (Å²) < 4.78 is 17.6. The van der Waals surface area contributed by atoms with E-state index in [1.807, 2.05) is 0 Å². The molecule has 2 heterocycles. The number of rotatable bonds is 4. The predicted octanol–water partition coefficient (Wildman–Crippen LogP) is -0.343. The Bertz CT molecular complexity index is 943. The molecule has 1 aromatic carbocycles. The molecule has 9 nitrogen and oxygen atoms in total. The molecule has 3 rings (SSSR count). The third-order valence-corrected chi connectivity index (χ3v) is 3.70. The molecule has 1 aromatic heterocycles. The van der Waals surface area contributed by atoms with Crippen LogP contribution in [0.1, 0.15) is 10.4 Å². The lowest BCUT2D eigenvalue weighted by Crippen LogP contribution is -2.42. The van der Waals surface area contributed by atoms with Crippen LogP contribution in [-0.4, -0.2) is 28.3 Å². The highest BCUT2D eigenvalue weighted by Gasteiger charge is 2.21. The SMILES string of the molecule is Cn1c(N)c(C(=O)COc2ccc3c(c2)OCO3)c(=O)n(C)c1=O. The Kier molecular flexibility index (Phi) is 3.76. The fourth-order valence-electron chi connectivity index (χ4n) is 2.31. The highest BCUT2D eigenvalue weighted by Crippen LogP contribution is 2.35. The summed E-state index contributed by atoms with van der Waals surface area (Å²) >= 11 is 0. The highest BCUT2D eigenvalue weighted by molar-refractivity contribution is 6.00. The predicted molar refractivity (Wildman–Crippen MR) is 83.7 cm³/mol. The van der Waals surface area contributed by atoms with Gasteiger partial charge in [-0.25, -0.2) is 4.79 Å². The van der Waals surface area contributed by atoms with Gasteiger partial charge in [-0.3, -0.25) is 18.7 Å². The molecule has 0 saturated heterocycles. The van der Waals surface area contributed by atoms with Crippen LogP contribution in [0.4, 0.5) is 5.82 Å². The summed E-state index contributed by atoms with van der Waals surface area (Å²) in [4.78, 5) is 36.2. The summed E-state index contributed by atoms with van der Waals surface area (Å²) in [6.45, 7) is -0.278. The molecule has 0 aliphatic carbocycles. The Hall–Kier alpha value is -3.23. The minimum atomic E-state index is -0.755. The molecule has 1 aliphatic rings. The van der Waals surface area contributed by atoms with Crippen molar-refractivity contribution in [2.45, 2.75) is 0 Å². The van der Waals surface area contributed by atoms with Gasteiger partial charge in [-0.1, -0.05) is 0 Å². The Balaban J connectivity index is 1.84. The first-order chi connectivity index (χ1) is 11.4. The van der Waals surface area contributed by atoms with Gasteiger partial charge < -0.3 is 19.9 Å². The molecule has 9 heteroatoms. The van der Waals surface area contributed by atoms with E-state index in [0.717, 1.165) is 9.13 Å². The van der Waals surface area contributed by atoms with E-state index in [4.69, 9.17) is 19.9 Å². The fraction of sp³-hybridized carbons (Fsp3) is 0.267. The molecule has 0 saturated carbocycles. The maximum atomic E-state index is 12.3. The quantitative estimate of drug-likeness (QED) is 0.761. The molecule has 2 N–H and O–H groups in total. The zero-order valence-corrected chi connectivity index (χ0v) is 13.1. The summed E-state index contributed by atoms with van der Waals surface area (Å²) in [5.41, 5.74) is 4.10. The average Bonchev–Trinajstić information content (AvgIpc) is 3.04. The standard InChI is InChI=1S/C15H15N3O6/c1-17-13(16)12(14(20)18(2)15(17)21)9(19)6-22-8-3-4-10-11(5-8)24-7-23-10/h3-5H,6-7,16H2,1-2H3. The number of anilines is 1. The Morgan fingerprint density at radius 1 is 1.21 bits per heavy atom. The largest absolute Gasteiger partial charge is 0.485 e. The van der Waals surface area contributed by atoms with Crippen molar-refractivity contribution in [3.05, 3.63) is 44.6 Å². The number of Topliss-reactive ketones (excluding diaryl/α,β-unsaturated/α-hetero) is 1. The summed E-state index contributed by atoms with van der Waals surface area (Å²) in [6, 6.07) is 4.85. The normalized spacial score (nSPS) is 12.2. The smallest absolute Gasteiger partial charge is 0.332 e. The van der Waals surface area contributed by atoms with Crippen LogP contribution in [0.25, 0.3) is 0 Å². The number of nitrogens with zero attached hydrogens (tertiary/aromatic N) is 2. The van der Waals surface area contributed by atoms with Crippen molar-refractivity contribution in [3.63, 3.8) is 0 Å². The Morgan fingerprint density at radius 2 is 1.92 bits per heavy atom. The number of ketones is 1. The number of carbonyl (C=O) groups excluding carboxylic acids is 1. The van der Waals surface area contributed by atoms with Crippen LogP contribution < -0.4 is 31.2 Å². The van der Waals surface area contributed by atoms with E-state index >= 15 is 0 Å². The lowest BCUT2D eigenvalue weighted by atomic mass is 10.2. The second-order valence-electron chi connectivity index (χ2n) is 5.19. The molecule has 0 bridgehead atoms. The molecular weight excluding hydrogens is 318 g/mol. The van der Waals surface area contributed by atoms with Crippen LogP contribution >= 0.6 is 0 Å². The van der Waals surface area contributed by atoms with Gasteiger partial charge in [-0.2, -0.15) is 0 Å². The molecule has 0 amide bonds. The summed E-state index contributed by atoms with van der Waals surface area (Å²) in [5.74, 6) is 0.666. The van der Waals surface area contributed by atoms with Crippen molar-refractivity contribution in [2.24, 2.45) is 14.1 Å². The van der Waals surface area contributed by atoms with E-state index < -0.39 is 23.6 Å². The van der Waals surface area contributed by atoms with Gasteiger partial charge in [-0.05, 0) is 12.1 Å². The second kappa shape index (κ2) is 5.76. The van der Waals surface area contributed by atoms with Crippen molar-refractivity contribution < 1.29 is 19.0 Å². The van der Waals surface area contributed by atoms with Crippen LogP contribution in [0.5, 0.6) is 17.2 Å². The maximum absolute atomic E-state index is 12.3. The topological polar surface area (TPSA) is 115 Å². The first kappa shape index (κ1) is 15.7. The number of carbonyl (C=O) groups is 1. The molecule has 24 heavy (non-hydrogen) atoms. The Labute approximate surface area is 135 Å². The number of nitrogens with two attached hydrogens (primary N) is 1. The molecule has 0 unspecified atom stereocenters. The molecule has 1 aliphatic heterocycles. The zero-order valence-electron chi connectivity index (χ0n) is 13.1. The zero-order chi connectivity index (χ0) is 17.4. The molecule has 126 valence electrons. The molecule has 0 atom stereocenters. The van der Waals surface area contributed by atoms with Gasteiger partial charge in [0, 0.05) is 20.2 Å². The molecule has 0 spiro atoms. The van der Waals surface area contributed by atoms with Gasteiger partial charge in [0.25, 0.3) is 5.56 Å². The van der Waals surface area contributed by atoms with Crippen molar-refractivity contribution in [1.29, 1.82) is 0 Å². The number of aromatic nitrogens is 2. The molecule has 0 fully saturated rings. The summed E-state index contributed by atoms with van der Waals surface area (Å²) in [5, 5.41) is 0. The highest BCUT2D eigenvalue weighted by atomic mass is 16.7. The summed E-state index contributed by atoms with van der Waals surface area (Å²) in [7, 11) is 2.66. The van der Waals surface area contributed by atoms with Crippen molar-refractivity contribution in [3.8, 4) is 17.2 Å². The van der Waals surface area contributed by atoms with E-state index in [0.29, 0.717) is 17.2 Å². The first-order valence-electron chi connectivity index (χ1n) is 7.01. The summed E-state index contributed by atoms with van der Waals surface area (Å²) in [6.07, 6.45) is 0. The minimum Gasteiger partial charge on any atom is -0.485 e. The molecular formula is C15H15N3O6. The first-order valence-corrected chi connectivity index (χ1v) is 7.01. The van der Waals surface area contributed by atoms with E-state index in [9.17, 15) is 14.4 Å². The molecule has 0 radical (unpaired) electrons.